The van der Waals surface area contributed by atoms with Crippen LogP contribution in [0.15, 0.2) is 89.7 Å². The third kappa shape index (κ3) is 3.03. The average molecular weight is 369 g/mol. The Bertz CT molecular complexity index is 1180. The number of carbonyl (C=O) groups is 1. The molecule has 0 fully saturated rings. The number of benzene rings is 3. The van der Waals surface area contributed by atoms with Gasteiger partial charge in [0.05, 0.1) is 11.4 Å². The molecular weight excluding hydrogens is 350 g/mol. The summed E-state index contributed by atoms with van der Waals surface area (Å²) in [4.78, 5) is 24.7. The second kappa shape index (κ2) is 7.40. The number of hydrogen-bond donors (Lipinski definition) is 1. The molecule has 1 amide bonds. The lowest BCUT2D eigenvalue weighted by molar-refractivity contribution is -0.105. The van der Waals surface area contributed by atoms with E-state index in [1.54, 1.807) is 4.68 Å². The van der Waals surface area contributed by atoms with Crippen molar-refractivity contribution in [3.63, 3.8) is 0 Å². The number of anilines is 1. The maximum Gasteiger partial charge on any atom is 0.296 e. The van der Waals surface area contributed by atoms with Gasteiger partial charge in [-0.15, -0.1) is 0 Å². The van der Waals surface area contributed by atoms with Gasteiger partial charge in [0.2, 0.25) is 6.41 Å². The van der Waals surface area contributed by atoms with Crippen molar-refractivity contribution in [2.45, 2.75) is 6.92 Å². The summed E-state index contributed by atoms with van der Waals surface area (Å²) in [5.74, 6) is 0. The predicted molar refractivity (Wildman–Crippen MR) is 111 cm³/mol. The van der Waals surface area contributed by atoms with Gasteiger partial charge in [-0.25, -0.2) is 9.36 Å². The molecule has 0 saturated heterocycles. The van der Waals surface area contributed by atoms with Gasteiger partial charge in [0.15, 0.2) is 0 Å². The Balaban J connectivity index is 2.14. The Labute approximate surface area is 162 Å². The molecule has 3 aromatic carbocycles. The molecule has 5 heteroatoms. The summed E-state index contributed by atoms with van der Waals surface area (Å²) in [6.45, 7) is 1.98. The molecule has 138 valence electrons. The van der Waals surface area contributed by atoms with E-state index in [1.165, 1.54) is 0 Å². The number of nitrogens with zero attached hydrogens (tertiary/aromatic N) is 2. The second-order valence-corrected chi connectivity index (χ2v) is 6.46. The molecule has 4 rings (SSSR count). The SMILES string of the molecule is Cc1cccc(-n2c(=O)c(NC=O)c(-c3ccccc3)n2-c2ccccc2)c1. The number of nitrogens with one attached hydrogen (secondary N) is 1. The lowest BCUT2D eigenvalue weighted by atomic mass is 10.1. The van der Waals surface area contributed by atoms with Crippen LogP contribution in [0.3, 0.4) is 0 Å². The second-order valence-electron chi connectivity index (χ2n) is 6.46. The highest BCUT2D eigenvalue weighted by atomic mass is 16.1. The number of para-hydroxylation sites is 1. The van der Waals surface area contributed by atoms with Crippen molar-refractivity contribution >= 4 is 12.1 Å². The van der Waals surface area contributed by atoms with Gasteiger partial charge in [0, 0.05) is 5.56 Å². The van der Waals surface area contributed by atoms with Crippen molar-refractivity contribution < 1.29 is 4.79 Å². The summed E-state index contributed by atoms with van der Waals surface area (Å²) >= 11 is 0. The van der Waals surface area contributed by atoms with Crippen LogP contribution in [0.4, 0.5) is 5.69 Å². The van der Waals surface area contributed by atoms with E-state index < -0.39 is 0 Å². The minimum Gasteiger partial charge on any atom is -0.322 e. The standard InChI is InChI=1S/C23H19N3O2/c1-17-9-8-14-20(15-17)26-23(28)21(24-16-27)22(18-10-4-2-5-11-18)25(26)19-12-6-3-7-13-19/h2-16H,1H3,(H,24,27). The third-order valence-corrected chi connectivity index (χ3v) is 4.55. The fraction of sp³-hybridized carbons (Fsp3) is 0.0435. The van der Waals surface area contributed by atoms with Crippen LogP contribution in [0.2, 0.25) is 0 Å². The predicted octanol–water partition coefficient (Wildman–Crippen LogP) is 4.17. The maximum atomic E-state index is 13.4. The van der Waals surface area contributed by atoms with Crippen molar-refractivity contribution in [2.24, 2.45) is 0 Å². The van der Waals surface area contributed by atoms with Crippen molar-refractivity contribution in [1.29, 1.82) is 0 Å². The summed E-state index contributed by atoms with van der Waals surface area (Å²) in [7, 11) is 0. The van der Waals surface area contributed by atoms with Crippen LogP contribution in [0.5, 0.6) is 0 Å². The normalized spacial score (nSPS) is 10.6. The van der Waals surface area contributed by atoms with Crippen LogP contribution in [-0.2, 0) is 4.79 Å². The summed E-state index contributed by atoms with van der Waals surface area (Å²) in [5.41, 5.74) is 4.00. The molecule has 1 aromatic heterocycles. The largest absolute Gasteiger partial charge is 0.322 e. The van der Waals surface area contributed by atoms with Gasteiger partial charge in [-0.3, -0.25) is 9.59 Å². The molecule has 0 aliphatic rings. The van der Waals surface area contributed by atoms with Crippen molar-refractivity contribution in [3.8, 4) is 22.6 Å². The molecule has 0 bridgehead atoms. The molecule has 0 unspecified atom stereocenters. The molecule has 0 spiro atoms. The van der Waals surface area contributed by atoms with E-state index in [-0.39, 0.29) is 11.2 Å². The van der Waals surface area contributed by atoms with Gasteiger partial charge in [0.1, 0.15) is 11.4 Å². The lowest BCUT2D eigenvalue weighted by Crippen LogP contribution is -2.21. The van der Waals surface area contributed by atoms with Gasteiger partial charge in [-0.05, 0) is 36.8 Å². The molecule has 0 saturated carbocycles. The number of hydrogen-bond acceptors (Lipinski definition) is 2. The molecule has 0 atom stereocenters. The van der Waals surface area contributed by atoms with E-state index in [9.17, 15) is 9.59 Å². The molecule has 1 heterocycles. The third-order valence-electron chi connectivity index (χ3n) is 4.55. The highest BCUT2D eigenvalue weighted by Gasteiger charge is 2.23. The van der Waals surface area contributed by atoms with Crippen molar-refractivity contribution in [2.75, 3.05) is 5.32 Å². The van der Waals surface area contributed by atoms with Gasteiger partial charge < -0.3 is 5.32 Å². The van der Waals surface area contributed by atoms with Gasteiger partial charge in [-0.1, -0.05) is 60.7 Å². The van der Waals surface area contributed by atoms with Crippen LogP contribution < -0.4 is 10.9 Å². The molecule has 5 nitrogen and oxygen atoms in total. The Morgan fingerprint density at radius 1 is 0.786 bits per heavy atom. The number of aromatic nitrogens is 2. The number of amides is 1. The fourth-order valence-electron chi connectivity index (χ4n) is 3.36. The molecule has 1 N–H and O–H groups in total. The zero-order chi connectivity index (χ0) is 19.5. The quantitative estimate of drug-likeness (QED) is 0.537. The molecule has 0 radical (unpaired) electrons. The highest BCUT2D eigenvalue weighted by molar-refractivity contribution is 5.84. The first-order valence-electron chi connectivity index (χ1n) is 8.97. The summed E-state index contributed by atoms with van der Waals surface area (Å²) in [6.07, 6.45) is 0.541. The first-order chi connectivity index (χ1) is 13.7. The lowest BCUT2D eigenvalue weighted by Gasteiger charge is -2.16. The summed E-state index contributed by atoms with van der Waals surface area (Å²) in [6, 6.07) is 26.9. The first-order valence-corrected chi connectivity index (χ1v) is 8.97. The van der Waals surface area contributed by atoms with Crippen LogP contribution in [0.25, 0.3) is 22.6 Å². The summed E-state index contributed by atoms with van der Waals surface area (Å²) in [5, 5.41) is 2.62. The van der Waals surface area contributed by atoms with Gasteiger partial charge >= 0.3 is 0 Å². The zero-order valence-corrected chi connectivity index (χ0v) is 15.4. The van der Waals surface area contributed by atoms with E-state index in [2.05, 4.69) is 5.32 Å². The van der Waals surface area contributed by atoms with E-state index in [1.807, 2.05) is 96.5 Å². The number of aryl methyl sites for hydroxylation is 1. The van der Waals surface area contributed by atoms with Gasteiger partial charge in [-0.2, -0.15) is 0 Å². The maximum absolute atomic E-state index is 13.4. The van der Waals surface area contributed by atoms with Crippen LogP contribution in [-0.4, -0.2) is 15.8 Å². The van der Waals surface area contributed by atoms with Crippen molar-refractivity contribution in [3.05, 3.63) is 101 Å². The van der Waals surface area contributed by atoms with Crippen molar-refractivity contribution in [1.82, 2.24) is 9.36 Å². The Kier molecular flexibility index (Phi) is 4.64. The minimum absolute atomic E-state index is 0.242. The first kappa shape index (κ1) is 17.5. The molecule has 0 aliphatic carbocycles. The molecular formula is C23H19N3O2. The highest BCUT2D eigenvalue weighted by Crippen LogP contribution is 2.30. The van der Waals surface area contributed by atoms with Gasteiger partial charge in [0.25, 0.3) is 5.56 Å². The fourth-order valence-corrected chi connectivity index (χ4v) is 3.36. The van der Waals surface area contributed by atoms with E-state index >= 15 is 0 Å². The zero-order valence-electron chi connectivity index (χ0n) is 15.4. The Morgan fingerprint density at radius 2 is 1.43 bits per heavy atom. The van der Waals surface area contributed by atoms with Crippen LogP contribution in [0, 0.1) is 6.92 Å². The Morgan fingerprint density at radius 3 is 2.07 bits per heavy atom. The van der Waals surface area contributed by atoms with Crippen LogP contribution >= 0.6 is 0 Å². The van der Waals surface area contributed by atoms with E-state index in [0.717, 1.165) is 22.5 Å². The smallest absolute Gasteiger partial charge is 0.296 e. The minimum atomic E-state index is -0.291. The topological polar surface area (TPSA) is 56.0 Å². The molecule has 28 heavy (non-hydrogen) atoms. The molecule has 0 aliphatic heterocycles. The Hall–Kier alpha value is -3.86. The van der Waals surface area contributed by atoms with E-state index in [0.29, 0.717) is 12.1 Å². The number of rotatable bonds is 5. The number of carbonyl (C=O) groups excluding carboxylic acids is 1. The van der Waals surface area contributed by atoms with Crippen LogP contribution in [0.1, 0.15) is 5.56 Å². The monoisotopic (exact) mass is 369 g/mol. The summed E-state index contributed by atoms with van der Waals surface area (Å²) < 4.78 is 3.44. The average Bonchev–Trinajstić information content (AvgIpc) is 3.02. The van der Waals surface area contributed by atoms with E-state index in [4.69, 9.17) is 0 Å². The molecule has 4 aromatic rings.